The first-order chi connectivity index (χ1) is 13.2. The Hall–Kier alpha value is -2.60. The van der Waals surface area contributed by atoms with Gasteiger partial charge in [0.1, 0.15) is 17.3 Å². The van der Waals surface area contributed by atoms with E-state index in [2.05, 4.69) is 23.1 Å². The van der Waals surface area contributed by atoms with Crippen LogP contribution in [0.1, 0.15) is 11.1 Å². The van der Waals surface area contributed by atoms with Crippen molar-refractivity contribution in [2.45, 2.75) is 13.0 Å². The van der Waals surface area contributed by atoms with Gasteiger partial charge in [-0.1, -0.05) is 18.2 Å². The highest BCUT2D eigenvalue weighted by Gasteiger charge is 2.22. The van der Waals surface area contributed by atoms with E-state index in [1.54, 1.807) is 12.1 Å². The summed E-state index contributed by atoms with van der Waals surface area (Å²) in [6.45, 7) is 4.62. The average molecular weight is 370 g/mol. The summed E-state index contributed by atoms with van der Waals surface area (Å²) >= 11 is 0. The lowest BCUT2D eigenvalue weighted by Crippen LogP contribution is -2.49. The monoisotopic (exact) mass is 370 g/mol. The molecule has 1 saturated heterocycles. The van der Waals surface area contributed by atoms with Crippen LogP contribution in [0.15, 0.2) is 42.5 Å². The number of hydrogen-bond donors (Lipinski definition) is 0. The van der Waals surface area contributed by atoms with Crippen molar-refractivity contribution in [1.29, 1.82) is 0 Å². The van der Waals surface area contributed by atoms with Gasteiger partial charge < -0.3 is 14.4 Å². The number of fused-ring (bicyclic) bond motifs is 1. The van der Waals surface area contributed by atoms with Crippen LogP contribution >= 0.6 is 0 Å². The summed E-state index contributed by atoms with van der Waals surface area (Å²) in [5, 5.41) is 0. The number of carbonyl (C=O) groups is 1. The van der Waals surface area contributed by atoms with Gasteiger partial charge in [0.25, 0.3) is 5.91 Å². The molecule has 5 nitrogen and oxygen atoms in total. The van der Waals surface area contributed by atoms with Gasteiger partial charge in [-0.05, 0) is 29.3 Å². The number of rotatable bonds is 5. The molecule has 0 radical (unpaired) electrons. The second-order valence-electron chi connectivity index (χ2n) is 6.94. The number of amides is 1. The lowest BCUT2D eigenvalue weighted by atomic mass is 10.1. The molecule has 0 aliphatic carbocycles. The molecule has 0 aromatic heterocycles. The van der Waals surface area contributed by atoms with E-state index >= 15 is 0 Å². The molecule has 4 rings (SSSR count). The third-order valence-corrected chi connectivity index (χ3v) is 5.04. The summed E-state index contributed by atoms with van der Waals surface area (Å²) in [6, 6.07) is 12.3. The van der Waals surface area contributed by atoms with Crippen molar-refractivity contribution in [3.05, 3.63) is 59.4 Å². The number of halogens is 1. The summed E-state index contributed by atoms with van der Waals surface area (Å²) in [7, 11) is 0. The predicted octanol–water partition coefficient (Wildman–Crippen LogP) is 2.48. The van der Waals surface area contributed by atoms with Crippen LogP contribution in [0.5, 0.6) is 11.5 Å². The van der Waals surface area contributed by atoms with Crippen LogP contribution in [0.3, 0.4) is 0 Å². The molecular formula is C21H23FN2O3. The molecule has 2 aliphatic rings. The summed E-state index contributed by atoms with van der Waals surface area (Å²) in [6.07, 6.45) is 0.983. The average Bonchev–Trinajstić information content (AvgIpc) is 3.15. The molecule has 0 N–H and O–H groups in total. The second-order valence-corrected chi connectivity index (χ2v) is 6.94. The van der Waals surface area contributed by atoms with E-state index in [0.29, 0.717) is 18.8 Å². The van der Waals surface area contributed by atoms with Gasteiger partial charge >= 0.3 is 0 Å². The van der Waals surface area contributed by atoms with Gasteiger partial charge in [-0.3, -0.25) is 9.69 Å². The first-order valence-electron chi connectivity index (χ1n) is 9.30. The minimum absolute atomic E-state index is 0.0612. The molecule has 27 heavy (non-hydrogen) atoms. The number of carbonyl (C=O) groups excluding carboxylic acids is 1. The largest absolute Gasteiger partial charge is 0.493 e. The van der Waals surface area contributed by atoms with Gasteiger partial charge in [0.2, 0.25) is 0 Å². The van der Waals surface area contributed by atoms with Crippen molar-refractivity contribution in [1.82, 2.24) is 9.80 Å². The van der Waals surface area contributed by atoms with Gasteiger partial charge in [0.05, 0.1) is 6.61 Å². The molecule has 1 fully saturated rings. The number of benzene rings is 2. The van der Waals surface area contributed by atoms with E-state index in [0.717, 1.165) is 38.4 Å². The van der Waals surface area contributed by atoms with Crippen LogP contribution in [-0.4, -0.2) is 55.1 Å². The van der Waals surface area contributed by atoms with Gasteiger partial charge in [-0.25, -0.2) is 4.39 Å². The SMILES string of the molecule is O=C(COc1cccc(F)c1)N1CCN(Cc2ccc3c(c2)CCO3)CC1. The molecule has 2 aromatic carbocycles. The van der Waals surface area contributed by atoms with Crippen LogP contribution in [0, 0.1) is 5.82 Å². The van der Waals surface area contributed by atoms with Crippen molar-refractivity contribution in [2.75, 3.05) is 39.4 Å². The molecule has 0 unspecified atom stereocenters. The summed E-state index contributed by atoms with van der Waals surface area (Å²) in [5.74, 6) is 0.954. The Morgan fingerprint density at radius 2 is 1.96 bits per heavy atom. The molecule has 0 atom stereocenters. The smallest absolute Gasteiger partial charge is 0.260 e. The molecule has 2 aliphatic heterocycles. The Morgan fingerprint density at radius 1 is 1.11 bits per heavy atom. The third-order valence-electron chi connectivity index (χ3n) is 5.04. The third kappa shape index (κ3) is 4.39. The first kappa shape index (κ1) is 17.8. The van der Waals surface area contributed by atoms with Crippen molar-refractivity contribution in [3.63, 3.8) is 0 Å². The minimum Gasteiger partial charge on any atom is -0.493 e. The molecule has 142 valence electrons. The van der Waals surface area contributed by atoms with Crippen LogP contribution in [0.25, 0.3) is 0 Å². The second kappa shape index (κ2) is 7.96. The Kier molecular flexibility index (Phi) is 5.25. The molecule has 2 heterocycles. The number of piperazine rings is 1. The Morgan fingerprint density at radius 3 is 2.78 bits per heavy atom. The van der Waals surface area contributed by atoms with Gasteiger partial charge in [0, 0.05) is 45.2 Å². The Balaban J connectivity index is 1.24. The van der Waals surface area contributed by atoms with E-state index in [1.165, 1.54) is 23.3 Å². The van der Waals surface area contributed by atoms with E-state index in [9.17, 15) is 9.18 Å². The number of hydrogen-bond acceptors (Lipinski definition) is 4. The fourth-order valence-corrected chi connectivity index (χ4v) is 3.54. The Bertz CT molecular complexity index is 819. The van der Waals surface area contributed by atoms with E-state index in [4.69, 9.17) is 9.47 Å². The first-order valence-corrected chi connectivity index (χ1v) is 9.30. The van der Waals surface area contributed by atoms with Gasteiger partial charge in [-0.15, -0.1) is 0 Å². The molecule has 1 amide bonds. The summed E-state index contributed by atoms with van der Waals surface area (Å²) in [4.78, 5) is 16.5. The van der Waals surface area contributed by atoms with Crippen LogP contribution < -0.4 is 9.47 Å². The zero-order valence-corrected chi connectivity index (χ0v) is 15.2. The molecule has 6 heteroatoms. The minimum atomic E-state index is -0.369. The lowest BCUT2D eigenvalue weighted by molar-refractivity contribution is -0.135. The van der Waals surface area contributed by atoms with Crippen molar-refractivity contribution < 1.29 is 18.7 Å². The van der Waals surface area contributed by atoms with E-state index < -0.39 is 0 Å². The number of nitrogens with zero attached hydrogens (tertiary/aromatic N) is 2. The van der Waals surface area contributed by atoms with E-state index in [-0.39, 0.29) is 18.3 Å². The van der Waals surface area contributed by atoms with Crippen LogP contribution in [-0.2, 0) is 17.8 Å². The maximum Gasteiger partial charge on any atom is 0.260 e. The zero-order valence-electron chi connectivity index (χ0n) is 15.2. The quantitative estimate of drug-likeness (QED) is 0.811. The lowest BCUT2D eigenvalue weighted by Gasteiger charge is -2.34. The highest BCUT2D eigenvalue weighted by molar-refractivity contribution is 5.77. The van der Waals surface area contributed by atoms with Gasteiger partial charge in [0.15, 0.2) is 6.61 Å². The summed E-state index contributed by atoms with van der Waals surface area (Å²) in [5.41, 5.74) is 2.57. The van der Waals surface area contributed by atoms with Crippen molar-refractivity contribution in [2.24, 2.45) is 0 Å². The van der Waals surface area contributed by atoms with Crippen molar-refractivity contribution in [3.8, 4) is 11.5 Å². The van der Waals surface area contributed by atoms with Crippen LogP contribution in [0.4, 0.5) is 4.39 Å². The zero-order chi connectivity index (χ0) is 18.6. The fraction of sp³-hybridized carbons (Fsp3) is 0.381. The van der Waals surface area contributed by atoms with Crippen LogP contribution in [0.2, 0.25) is 0 Å². The molecule has 0 saturated carbocycles. The molecular weight excluding hydrogens is 347 g/mol. The molecule has 0 spiro atoms. The van der Waals surface area contributed by atoms with Crippen molar-refractivity contribution >= 4 is 5.91 Å². The molecule has 2 aromatic rings. The maximum atomic E-state index is 13.2. The standard InChI is InChI=1S/C21H23FN2O3/c22-18-2-1-3-19(13-18)27-15-21(25)24-9-7-23(8-10-24)14-16-4-5-20-17(12-16)6-11-26-20/h1-5,12-13H,6-11,14-15H2. The van der Waals surface area contributed by atoms with E-state index in [1.807, 2.05) is 4.90 Å². The predicted molar refractivity (Wildman–Crippen MR) is 99.4 cm³/mol. The highest BCUT2D eigenvalue weighted by Crippen LogP contribution is 2.26. The van der Waals surface area contributed by atoms with Gasteiger partial charge in [-0.2, -0.15) is 0 Å². The highest BCUT2D eigenvalue weighted by atomic mass is 19.1. The molecule has 0 bridgehead atoms. The summed E-state index contributed by atoms with van der Waals surface area (Å²) < 4.78 is 24.1. The topological polar surface area (TPSA) is 42.0 Å². The fourth-order valence-electron chi connectivity index (χ4n) is 3.54. The Labute approximate surface area is 158 Å². The number of ether oxygens (including phenoxy) is 2. The normalized spacial score (nSPS) is 16.7. The maximum absolute atomic E-state index is 13.2.